The molecule has 1 aromatic rings. The molecular weight excluding hydrogens is 312 g/mol. The van der Waals surface area contributed by atoms with Crippen LogP contribution in [0, 0.1) is 5.92 Å². The van der Waals surface area contributed by atoms with E-state index >= 15 is 0 Å². The first kappa shape index (κ1) is 18.2. The van der Waals surface area contributed by atoms with E-state index in [1.165, 1.54) is 0 Å². The molecule has 0 saturated heterocycles. The van der Waals surface area contributed by atoms with Gasteiger partial charge in [-0.3, -0.25) is 0 Å². The monoisotopic (exact) mass is 334 g/mol. The summed E-state index contributed by atoms with van der Waals surface area (Å²) in [6.07, 6.45) is 2.86. The highest BCUT2D eigenvalue weighted by Crippen LogP contribution is 2.26. The van der Waals surface area contributed by atoms with Gasteiger partial charge in [-0.05, 0) is 44.4 Å². The van der Waals surface area contributed by atoms with E-state index in [0.717, 1.165) is 19.3 Å². The van der Waals surface area contributed by atoms with Gasteiger partial charge in [-0.2, -0.15) is 0 Å². The number of nitrogens with one attached hydrogen (secondary N) is 1. The number of hydrogen-bond acceptors (Lipinski definition) is 4. The van der Waals surface area contributed by atoms with Gasteiger partial charge < -0.3 is 10.5 Å². The number of sulfonamides is 1. The van der Waals surface area contributed by atoms with Crippen molar-refractivity contribution in [3.8, 4) is 5.75 Å². The summed E-state index contributed by atoms with van der Waals surface area (Å²) in [5.41, 5.74) is 5.69. The lowest BCUT2D eigenvalue weighted by Crippen LogP contribution is -2.39. The van der Waals surface area contributed by atoms with Gasteiger partial charge in [-0.15, -0.1) is 12.4 Å². The maximum Gasteiger partial charge on any atom is 0.240 e. The van der Waals surface area contributed by atoms with Crippen LogP contribution in [0.2, 0.25) is 0 Å². The maximum atomic E-state index is 12.4. The molecule has 0 aromatic heterocycles. The van der Waals surface area contributed by atoms with Gasteiger partial charge in [0.15, 0.2) is 0 Å². The number of ether oxygens (including phenoxy) is 1. The molecule has 1 aromatic carbocycles. The number of hydrogen-bond donors (Lipinski definition) is 2. The first-order valence-corrected chi connectivity index (χ1v) is 8.50. The quantitative estimate of drug-likeness (QED) is 0.832. The van der Waals surface area contributed by atoms with E-state index in [9.17, 15) is 8.42 Å². The fourth-order valence-corrected chi connectivity index (χ4v) is 4.01. The van der Waals surface area contributed by atoms with Crippen LogP contribution in [-0.2, 0) is 10.0 Å². The second kappa shape index (κ2) is 7.98. The van der Waals surface area contributed by atoms with Crippen molar-refractivity contribution in [2.75, 3.05) is 13.2 Å². The Labute approximate surface area is 132 Å². The Balaban J connectivity index is 0.00000220. The molecule has 0 amide bonds. The zero-order valence-corrected chi connectivity index (χ0v) is 13.8. The van der Waals surface area contributed by atoms with E-state index in [4.69, 9.17) is 10.5 Å². The second-order valence-electron chi connectivity index (χ2n) is 5.06. The Kier molecular flexibility index (Phi) is 6.93. The van der Waals surface area contributed by atoms with Crippen LogP contribution in [0.25, 0.3) is 0 Å². The van der Waals surface area contributed by atoms with Crippen LogP contribution in [0.1, 0.15) is 26.2 Å². The summed E-state index contributed by atoms with van der Waals surface area (Å²) in [5, 5.41) is 0. The normalized spacial score (nSPS) is 21.8. The van der Waals surface area contributed by atoms with E-state index < -0.39 is 10.0 Å². The van der Waals surface area contributed by atoms with Crippen molar-refractivity contribution < 1.29 is 13.2 Å². The summed E-state index contributed by atoms with van der Waals surface area (Å²) in [4.78, 5) is 0.242. The highest BCUT2D eigenvalue weighted by atomic mass is 35.5. The topological polar surface area (TPSA) is 81.4 Å². The summed E-state index contributed by atoms with van der Waals surface area (Å²) in [6, 6.07) is 6.52. The molecule has 2 atom stereocenters. The zero-order valence-electron chi connectivity index (χ0n) is 12.1. The van der Waals surface area contributed by atoms with Gasteiger partial charge in [-0.1, -0.05) is 12.5 Å². The molecule has 1 saturated carbocycles. The number of rotatable bonds is 6. The Morgan fingerprint density at radius 1 is 1.38 bits per heavy atom. The highest BCUT2D eigenvalue weighted by Gasteiger charge is 2.30. The summed E-state index contributed by atoms with van der Waals surface area (Å²) >= 11 is 0. The summed E-state index contributed by atoms with van der Waals surface area (Å²) in [5.74, 6) is 0.803. The molecule has 2 rings (SSSR count). The minimum absolute atomic E-state index is 0. The van der Waals surface area contributed by atoms with E-state index in [1.54, 1.807) is 24.3 Å². The minimum Gasteiger partial charge on any atom is -0.494 e. The number of halogens is 1. The molecular formula is C14H23ClN2O3S. The Morgan fingerprint density at radius 2 is 2.14 bits per heavy atom. The Bertz CT molecular complexity index is 551. The smallest absolute Gasteiger partial charge is 0.240 e. The van der Waals surface area contributed by atoms with E-state index in [0.29, 0.717) is 18.9 Å². The van der Waals surface area contributed by atoms with Crippen molar-refractivity contribution in [3.63, 3.8) is 0 Å². The van der Waals surface area contributed by atoms with Gasteiger partial charge in [0.25, 0.3) is 0 Å². The zero-order chi connectivity index (χ0) is 14.6. The third-order valence-electron chi connectivity index (χ3n) is 3.70. The first-order chi connectivity index (χ1) is 9.56. The molecule has 120 valence electrons. The van der Waals surface area contributed by atoms with Crippen LogP contribution < -0.4 is 15.2 Å². The van der Waals surface area contributed by atoms with E-state index in [-0.39, 0.29) is 29.3 Å². The standard InChI is InChI=1S/C14H22N2O3S.ClH/c1-2-19-12-6-4-7-13(9-12)20(17,18)16-14-8-3-5-11(14)10-15;/h4,6-7,9,11,14,16H,2-3,5,8,10,15H2,1H3;1H. The first-order valence-electron chi connectivity index (χ1n) is 7.02. The molecule has 7 heteroatoms. The molecule has 0 spiro atoms. The summed E-state index contributed by atoms with van der Waals surface area (Å²) in [6.45, 7) is 2.89. The average Bonchev–Trinajstić information content (AvgIpc) is 2.86. The van der Waals surface area contributed by atoms with Gasteiger partial charge in [0.05, 0.1) is 11.5 Å². The fraction of sp³-hybridized carbons (Fsp3) is 0.571. The van der Waals surface area contributed by atoms with E-state index in [2.05, 4.69) is 4.72 Å². The van der Waals surface area contributed by atoms with Gasteiger partial charge in [0.1, 0.15) is 5.75 Å². The summed E-state index contributed by atoms with van der Waals surface area (Å²) < 4.78 is 32.9. The second-order valence-corrected chi connectivity index (χ2v) is 6.78. The lowest BCUT2D eigenvalue weighted by molar-refractivity contribution is 0.339. The maximum absolute atomic E-state index is 12.4. The van der Waals surface area contributed by atoms with Gasteiger partial charge in [-0.25, -0.2) is 13.1 Å². The van der Waals surface area contributed by atoms with Crippen molar-refractivity contribution in [2.45, 2.75) is 37.1 Å². The Hall–Kier alpha value is -0.820. The molecule has 2 unspecified atom stereocenters. The van der Waals surface area contributed by atoms with Crippen molar-refractivity contribution in [1.29, 1.82) is 0 Å². The van der Waals surface area contributed by atoms with Crippen molar-refractivity contribution in [1.82, 2.24) is 4.72 Å². The largest absolute Gasteiger partial charge is 0.494 e. The molecule has 21 heavy (non-hydrogen) atoms. The SMILES string of the molecule is CCOc1cccc(S(=O)(=O)NC2CCCC2CN)c1.Cl. The van der Waals surface area contributed by atoms with Gasteiger partial charge in [0, 0.05) is 12.1 Å². The fourth-order valence-electron chi connectivity index (χ4n) is 2.64. The molecule has 0 bridgehead atoms. The van der Waals surface area contributed by atoms with Crippen LogP contribution in [0.4, 0.5) is 0 Å². The van der Waals surface area contributed by atoms with Gasteiger partial charge in [0.2, 0.25) is 10.0 Å². The van der Waals surface area contributed by atoms with Crippen molar-refractivity contribution in [2.24, 2.45) is 11.7 Å². The predicted molar refractivity (Wildman–Crippen MR) is 85.4 cm³/mol. The molecule has 1 aliphatic carbocycles. The molecule has 1 aliphatic rings. The number of benzene rings is 1. The molecule has 0 aliphatic heterocycles. The van der Waals surface area contributed by atoms with Crippen LogP contribution in [-0.4, -0.2) is 27.6 Å². The van der Waals surface area contributed by atoms with Crippen LogP contribution in [0.5, 0.6) is 5.75 Å². The molecule has 5 nitrogen and oxygen atoms in total. The molecule has 1 fully saturated rings. The molecule has 3 N–H and O–H groups in total. The molecule has 0 radical (unpaired) electrons. The Morgan fingerprint density at radius 3 is 2.81 bits per heavy atom. The predicted octanol–water partition coefficient (Wildman–Crippen LogP) is 1.91. The van der Waals surface area contributed by atoms with Gasteiger partial charge >= 0.3 is 0 Å². The highest BCUT2D eigenvalue weighted by molar-refractivity contribution is 7.89. The third-order valence-corrected chi connectivity index (χ3v) is 5.18. The van der Waals surface area contributed by atoms with E-state index in [1.807, 2.05) is 6.92 Å². The van der Waals surface area contributed by atoms with Crippen LogP contribution >= 0.6 is 12.4 Å². The lowest BCUT2D eigenvalue weighted by Gasteiger charge is -2.19. The lowest BCUT2D eigenvalue weighted by atomic mass is 10.1. The van der Waals surface area contributed by atoms with Crippen molar-refractivity contribution >= 4 is 22.4 Å². The van der Waals surface area contributed by atoms with Crippen LogP contribution in [0.3, 0.4) is 0 Å². The van der Waals surface area contributed by atoms with Crippen LogP contribution in [0.15, 0.2) is 29.2 Å². The van der Waals surface area contributed by atoms with Crippen molar-refractivity contribution in [3.05, 3.63) is 24.3 Å². The average molecular weight is 335 g/mol. The number of nitrogens with two attached hydrogens (primary N) is 1. The third kappa shape index (κ3) is 4.57. The summed E-state index contributed by atoms with van der Waals surface area (Å²) in [7, 11) is -3.51. The molecule has 0 heterocycles. The minimum atomic E-state index is -3.51.